The lowest BCUT2D eigenvalue weighted by molar-refractivity contribution is -0.119. The van der Waals surface area contributed by atoms with Crippen molar-refractivity contribution < 1.29 is 9.53 Å². The standard InChI is InChI=1S/C22H28N4O2.HI/c1-2-23-22(26-16-21(27)25-15-18-6-4-3-5-7-18)24-12-10-17-8-9-20-19(14-17)11-13-28-20;/h3-9,14H,2,10-13,15-16H2,1H3,(H,25,27)(H2,23,24,26);1H. The van der Waals surface area contributed by atoms with Crippen molar-refractivity contribution in [3.05, 3.63) is 65.2 Å². The Morgan fingerprint density at radius 1 is 1.07 bits per heavy atom. The zero-order chi connectivity index (χ0) is 19.6. The van der Waals surface area contributed by atoms with E-state index in [9.17, 15) is 4.79 Å². The van der Waals surface area contributed by atoms with Gasteiger partial charge < -0.3 is 20.7 Å². The Labute approximate surface area is 189 Å². The molecule has 0 saturated carbocycles. The highest BCUT2D eigenvalue weighted by molar-refractivity contribution is 14.0. The number of benzene rings is 2. The fraction of sp³-hybridized carbons (Fsp3) is 0.364. The highest BCUT2D eigenvalue weighted by Crippen LogP contribution is 2.25. The molecular weight excluding hydrogens is 479 g/mol. The van der Waals surface area contributed by atoms with Gasteiger partial charge in [-0.05, 0) is 36.1 Å². The summed E-state index contributed by atoms with van der Waals surface area (Å²) in [6.07, 6.45) is 1.87. The van der Waals surface area contributed by atoms with Gasteiger partial charge in [-0.1, -0.05) is 42.5 Å². The van der Waals surface area contributed by atoms with Crippen LogP contribution in [0.1, 0.15) is 23.6 Å². The molecule has 0 bridgehead atoms. The minimum atomic E-state index is -0.0975. The molecule has 1 amide bonds. The van der Waals surface area contributed by atoms with Gasteiger partial charge in [-0.3, -0.25) is 4.79 Å². The van der Waals surface area contributed by atoms with Gasteiger partial charge in [0.15, 0.2) is 5.96 Å². The van der Waals surface area contributed by atoms with Crippen LogP contribution in [0.4, 0.5) is 0 Å². The van der Waals surface area contributed by atoms with Gasteiger partial charge in [0.2, 0.25) is 5.91 Å². The molecule has 0 saturated heterocycles. The third kappa shape index (κ3) is 7.56. The van der Waals surface area contributed by atoms with Crippen LogP contribution >= 0.6 is 24.0 Å². The second kappa shape index (κ2) is 12.3. The van der Waals surface area contributed by atoms with Crippen LogP contribution in [0.2, 0.25) is 0 Å². The zero-order valence-electron chi connectivity index (χ0n) is 16.7. The Morgan fingerprint density at radius 3 is 2.69 bits per heavy atom. The van der Waals surface area contributed by atoms with Crippen LogP contribution in [0, 0.1) is 0 Å². The molecule has 2 aromatic carbocycles. The summed E-state index contributed by atoms with van der Waals surface area (Å²) in [5, 5.41) is 9.36. The molecule has 7 heteroatoms. The number of nitrogens with one attached hydrogen (secondary N) is 3. The molecule has 3 N–H and O–H groups in total. The van der Waals surface area contributed by atoms with Crippen molar-refractivity contribution >= 4 is 35.8 Å². The Bertz CT molecular complexity index is 812. The highest BCUT2D eigenvalue weighted by atomic mass is 127. The van der Waals surface area contributed by atoms with Crippen molar-refractivity contribution in [3.63, 3.8) is 0 Å². The molecule has 1 heterocycles. The Hall–Kier alpha value is -2.29. The fourth-order valence-electron chi connectivity index (χ4n) is 3.07. The molecule has 6 nitrogen and oxygen atoms in total. The van der Waals surface area contributed by atoms with Crippen LogP contribution in [-0.4, -0.2) is 38.1 Å². The smallest absolute Gasteiger partial charge is 0.242 e. The summed E-state index contributed by atoms with van der Waals surface area (Å²) >= 11 is 0. The molecule has 1 aliphatic rings. The summed E-state index contributed by atoms with van der Waals surface area (Å²) in [5.74, 6) is 1.56. The first-order valence-corrected chi connectivity index (χ1v) is 9.82. The number of carbonyl (C=O) groups is 1. The fourth-order valence-corrected chi connectivity index (χ4v) is 3.07. The number of nitrogens with zero attached hydrogens (tertiary/aromatic N) is 1. The van der Waals surface area contributed by atoms with E-state index in [2.05, 4.69) is 33.1 Å². The van der Waals surface area contributed by atoms with E-state index in [1.165, 1.54) is 11.1 Å². The molecular formula is C22H29IN4O2. The molecule has 2 aromatic rings. The number of halogens is 1. The van der Waals surface area contributed by atoms with Crippen LogP contribution in [0.25, 0.3) is 0 Å². The number of rotatable bonds is 8. The molecule has 3 rings (SSSR count). The molecule has 156 valence electrons. The van der Waals surface area contributed by atoms with Crippen LogP contribution in [0.15, 0.2) is 53.5 Å². The van der Waals surface area contributed by atoms with Crippen molar-refractivity contribution in [2.45, 2.75) is 26.3 Å². The lowest BCUT2D eigenvalue weighted by atomic mass is 10.1. The van der Waals surface area contributed by atoms with Crippen molar-refractivity contribution in [2.75, 3.05) is 26.2 Å². The monoisotopic (exact) mass is 508 g/mol. The minimum Gasteiger partial charge on any atom is -0.493 e. The number of hydrogen-bond donors (Lipinski definition) is 3. The van der Waals surface area contributed by atoms with Crippen LogP contribution in [0.3, 0.4) is 0 Å². The number of carbonyl (C=O) groups excluding carboxylic acids is 1. The first-order valence-electron chi connectivity index (χ1n) is 9.82. The van der Waals surface area contributed by atoms with Gasteiger partial charge in [0.1, 0.15) is 12.3 Å². The second-order valence-electron chi connectivity index (χ2n) is 6.67. The third-order valence-electron chi connectivity index (χ3n) is 4.52. The minimum absolute atomic E-state index is 0. The first kappa shape index (κ1) is 23.0. The average molecular weight is 508 g/mol. The topological polar surface area (TPSA) is 74.8 Å². The van der Waals surface area contributed by atoms with Crippen molar-refractivity contribution in [2.24, 2.45) is 4.99 Å². The van der Waals surface area contributed by atoms with Gasteiger partial charge in [0.25, 0.3) is 0 Å². The zero-order valence-corrected chi connectivity index (χ0v) is 19.1. The molecule has 29 heavy (non-hydrogen) atoms. The predicted molar refractivity (Wildman–Crippen MR) is 127 cm³/mol. The number of fused-ring (bicyclic) bond motifs is 1. The largest absolute Gasteiger partial charge is 0.493 e. The Morgan fingerprint density at radius 2 is 1.90 bits per heavy atom. The summed E-state index contributed by atoms with van der Waals surface area (Å²) in [4.78, 5) is 16.4. The summed E-state index contributed by atoms with van der Waals surface area (Å²) in [5.41, 5.74) is 3.63. The van der Waals surface area contributed by atoms with Crippen LogP contribution in [-0.2, 0) is 24.2 Å². The molecule has 0 radical (unpaired) electrons. The van der Waals surface area contributed by atoms with E-state index in [0.29, 0.717) is 12.5 Å². The average Bonchev–Trinajstić information content (AvgIpc) is 3.19. The van der Waals surface area contributed by atoms with Gasteiger partial charge >= 0.3 is 0 Å². The summed E-state index contributed by atoms with van der Waals surface area (Å²) in [7, 11) is 0. The van der Waals surface area contributed by atoms with Gasteiger partial charge in [-0.2, -0.15) is 0 Å². The van der Waals surface area contributed by atoms with Crippen molar-refractivity contribution in [1.29, 1.82) is 0 Å². The summed E-state index contributed by atoms with van der Waals surface area (Å²) in [6.45, 7) is 4.89. The van der Waals surface area contributed by atoms with Gasteiger partial charge in [0, 0.05) is 26.1 Å². The Kier molecular flexibility index (Phi) is 9.76. The van der Waals surface area contributed by atoms with Gasteiger partial charge in [0.05, 0.1) is 6.61 Å². The van der Waals surface area contributed by atoms with E-state index < -0.39 is 0 Å². The number of aliphatic imine (C=N–C) groups is 1. The number of amides is 1. The van der Waals surface area contributed by atoms with E-state index in [1.54, 1.807) is 0 Å². The van der Waals surface area contributed by atoms with E-state index in [1.807, 2.05) is 43.3 Å². The molecule has 0 spiro atoms. The molecule has 0 unspecified atom stereocenters. The number of guanidine groups is 1. The normalized spacial score (nSPS) is 12.4. The quantitative estimate of drug-likeness (QED) is 0.291. The third-order valence-corrected chi connectivity index (χ3v) is 4.52. The molecule has 0 fully saturated rings. The van der Waals surface area contributed by atoms with E-state index in [-0.39, 0.29) is 36.4 Å². The predicted octanol–water partition coefficient (Wildman–Crippen LogP) is 2.65. The van der Waals surface area contributed by atoms with Crippen LogP contribution < -0.4 is 20.7 Å². The molecule has 1 aliphatic heterocycles. The number of ether oxygens (including phenoxy) is 1. The van der Waals surface area contributed by atoms with E-state index >= 15 is 0 Å². The Balaban J connectivity index is 0.00000300. The van der Waals surface area contributed by atoms with Crippen LogP contribution in [0.5, 0.6) is 5.75 Å². The summed E-state index contributed by atoms with van der Waals surface area (Å²) < 4.78 is 5.55. The molecule has 0 aliphatic carbocycles. The van der Waals surface area contributed by atoms with Crippen molar-refractivity contribution in [3.8, 4) is 5.75 Å². The summed E-state index contributed by atoms with van der Waals surface area (Å²) in [6, 6.07) is 16.2. The molecule has 0 aromatic heterocycles. The maximum Gasteiger partial charge on any atom is 0.242 e. The lowest BCUT2D eigenvalue weighted by Gasteiger charge is -2.12. The van der Waals surface area contributed by atoms with Crippen molar-refractivity contribution in [1.82, 2.24) is 16.0 Å². The SMILES string of the molecule is CCNC(=NCC(=O)NCc1ccccc1)NCCc1ccc2c(c1)CCO2.I. The maximum absolute atomic E-state index is 12.0. The highest BCUT2D eigenvalue weighted by Gasteiger charge is 2.11. The van der Waals surface area contributed by atoms with Gasteiger partial charge in [-0.15, -0.1) is 24.0 Å². The van der Waals surface area contributed by atoms with E-state index in [4.69, 9.17) is 4.74 Å². The number of hydrogen-bond acceptors (Lipinski definition) is 3. The lowest BCUT2D eigenvalue weighted by Crippen LogP contribution is -2.39. The molecule has 0 atom stereocenters. The van der Waals surface area contributed by atoms with E-state index in [0.717, 1.165) is 43.9 Å². The first-order chi connectivity index (χ1) is 13.7. The second-order valence-corrected chi connectivity index (χ2v) is 6.67. The maximum atomic E-state index is 12.0. The van der Waals surface area contributed by atoms with Gasteiger partial charge in [-0.25, -0.2) is 4.99 Å².